The number of aromatic hydroxyl groups is 1. The summed E-state index contributed by atoms with van der Waals surface area (Å²) in [6, 6.07) is 18.5. The number of ether oxygens (including phenoxy) is 2. The van der Waals surface area contributed by atoms with Gasteiger partial charge in [0, 0.05) is 50.2 Å². The first-order valence-corrected chi connectivity index (χ1v) is 13.6. The second-order valence-corrected chi connectivity index (χ2v) is 10.2. The number of carbonyl (C=O) groups is 1. The molecule has 2 N–H and O–H groups in total. The highest BCUT2D eigenvalue weighted by Gasteiger charge is 2.20. The lowest BCUT2D eigenvalue weighted by molar-refractivity contribution is 0.102. The molecular formula is C31H34N6O4. The van der Waals surface area contributed by atoms with E-state index in [9.17, 15) is 9.90 Å². The number of nitrogens with zero attached hydrogens (tertiary/aromatic N) is 5. The van der Waals surface area contributed by atoms with Crippen molar-refractivity contribution in [2.24, 2.45) is 0 Å². The molecule has 4 aromatic rings. The van der Waals surface area contributed by atoms with Gasteiger partial charge in [-0.1, -0.05) is 0 Å². The van der Waals surface area contributed by atoms with Gasteiger partial charge in [-0.2, -0.15) is 0 Å². The lowest BCUT2D eigenvalue weighted by Crippen LogP contribution is -2.46. The number of hydrogen-bond acceptors (Lipinski definition) is 9. The first kappa shape index (κ1) is 27.9. The zero-order chi connectivity index (χ0) is 28.8. The van der Waals surface area contributed by atoms with Crippen LogP contribution in [0.15, 0.2) is 73.1 Å². The van der Waals surface area contributed by atoms with E-state index >= 15 is 0 Å². The number of pyridine rings is 1. The van der Waals surface area contributed by atoms with Crippen LogP contribution in [0, 0.1) is 0 Å². The number of methoxy groups -OCH3 is 1. The van der Waals surface area contributed by atoms with Gasteiger partial charge in [0.2, 0.25) is 0 Å². The Hall–Kier alpha value is -4.70. The molecule has 0 bridgehead atoms. The molecule has 0 saturated carbocycles. The molecule has 3 heterocycles. The van der Waals surface area contributed by atoms with Crippen LogP contribution in [0.5, 0.6) is 17.2 Å². The quantitative estimate of drug-likeness (QED) is 0.306. The average molecular weight is 555 g/mol. The van der Waals surface area contributed by atoms with E-state index in [0.29, 0.717) is 5.69 Å². The average Bonchev–Trinajstić information content (AvgIpc) is 2.97. The largest absolute Gasteiger partial charge is 0.506 e. The molecule has 5 rings (SSSR count). The summed E-state index contributed by atoms with van der Waals surface area (Å²) in [4.78, 5) is 21.3. The minimum absolute atomic E-state index is 0.0463. The number of hydrogen-bond donors (Lipinski definition) is 2. The molecule has 2 aromatic heterocycles. The van der Waals surface area contributed by atoms with Gasteiger partial charge < -0.3 is 24.8 Å². The van der Waals surface area contributed by atoms with Gasteiger partial charge in [-0.15, -0.1) is 10.2 Å². The molecule has 1 aliphatic heterocycles. The Morgan fingerprint density at radius 3 is 2.37 bits per heavy atom. The normalized spacial score (nSPS) is 13.7. The number of anilines is 2. The second-order valence-electron chi connectivity index (χ2n) is 10.2. The van der Waals surface area contributed by atoms with Crippen molar-refractivity contribution in [1.29, 1.82) is 0 Å². The van der Waals surface area contributed by atoms with Crippen molar-refractivity contribution in [3.8, 4) is 28.4 Å². The fourth-order valence-corrected chi connectivity index (χ4v) is 4.72. The van der Waals surface area contributed by atoms with Crippen molar-refractivity contribution >= 4 is 17.4 Å². The molecular weight excluding hydrogens is 520 g/mol. The van der Waals surface area contributed by atoms with Gasteiger partial charge in [-0.25, -0.2) is 0 Å². The van der Waals surface area contributed by atoms with Crippen LogP contribution in [-0.2, 0) is 6.54 Å². The third kappa shape index (κ3) is 7.29. The number of piperazine rings is 1. The zero-order valence-corrected chi connectivity index (χ0v) is 23.4. The van der Waals surface area contributed by atoms with Crippen LogP contribution in [0.25, 0.3) is 11.1 Å². The standard InChI is InChI=1S/C31H34N6O4/c1-21(2)41-28-15-22(14-23(17-28)24-16-26(38)19-32-18-24)20-36-10-12-37(13-11-36)30-9-8-29(34-35-30)31(39)33-25-4-6-27(40-3)7-5-25/h4-9,14-19,21,38H,10-13,20H2,1-3H3,(H,33,39). The monoisotopic (exact) mass is 554 g/mol. The summed E-state index contributed by atoms with van der Waals surface area (Å²) >= 11 is 0. The first-order valence-electron chi connectivity index (χ1n) is 13.6. The number of carbonyl (C=O) groups excluding carboxylic acids is 1. The van der Waals surface area contributed by atoms with Crippen LogP contribution in [-0.4, -0.2) is 70.5 Å². The van der Waals surface area contributed by atoms with E-state index in [-0.39, 0.29) is 23.5 Å². The smallest absolute Gasteiger partial charge is 0.276 e. The summed E-state index contributed by atoms with van der Waals surface area (Å²) in [6.07, 6.45) is 3.21. The molecule has 0 spiro atoms. The van der Waals surface area contributed by atoms with Crippen molar-refractivity contribution in [3.05, 3.63) is 84.3 Å². The Morgan fingerprint density at radius 2 is 1.71 bits per heavy atom. The summed E-state index contributed by atoms with van der Waals surface area (Å²) in [5.41, 5.74) is 3.83. The lowest BCUT2D eigenvalue weighted by Gasteiger charge is -2.35. The summed E-state index contributed by atoms with van der Waals surface area (Å²) in [5.74, 6) is 2.07. The highest BCUT2D eigenvalue weighted by atomic mass is 16.5. The minimum Gasteiger partial charge on any atom is -0.506 e. The molecule has 0 atom stereocenters. The second kappa shape index (κ2) is 12.6. The Labute approximate surface area is 239 Å². The molecule has 41 heavy (non-hydrogen) atoms. The predicted octanol–water partition coefficient (Wildman–Crippen LogP) is 4.61. The Morgan fingerprint density at radius 1 is 0.927 bits per heavy atom. The van der Waals surface area contributed by atoms with Crippen LogP contribution in [0.4, 0.5) is 11.5 Å². The Kier molecular flexibility index (Phi) is 8.59. The van der Waals surface area contributed by atoms with E-state index in [2.05, 4.69) is 42.4 Å². The summed E-state index contributed by atoms with van der Waals surface area (Å²) < 4.78 is 11.2. The number of nitrogens with one attached hydrogen (secondary N) is 1. The fraction of sp³-hybridized carbons (Fsp3) is 0.290. The first-order chi connectivity index (χ1) is 19.9. The maximum absolute atomic E-state index is 12.6. The predicted molar refractivity (Wildman–Crippen MR) is 158 cm³/mol. The van der Waals surface area contributed by atoms with Gasteiger partial charge in [0.15, 0.2) is 11.5 Å². The molecule has 10 nitrogen and oxygen atoms in total. The topological polar surface area (TPSA) is 113 Å². The molecule has 1 aliphatic rings. The van der Waals surface area contributed by atoms with Gasteiger partial charge in [0.25, 0.3) is 5.91 Å². The van der Waals surface area contributed by atoms with E-state index in [0.717, 1.165) is 66.7 Å². The van der Waals surface area contributed by atoms with Crippen molar-refractivity contribution < 1.29 is 19.4 Å². The van der Waals surface area contributed by atoms with Crippen LogP contribution >= 0.6 is 0 Å². The number of aromatic nitrogens is 3. The minimum atomic E-state index is -0.316. The van der Waals surface area contributed by atoms with Crippen LogP contribution in [0.3, 0.4) is 0 Å². The van der Waals surface area contributed by atoms with Gasteiger partial charge in [0.05, 0.1) is 19.4 Å². The summed E-state index contributed by atoms with van der Waals surface area (Å²) in [6.45, 7) is 8.04. The van der Waals surface area contributed by atoms with Gasteiger partial charge in [0.1, 0.15) is 17.2 Å². The Bertz CT molecular complexity index is 1470. The van der Waals surface area contributed by atoms with E-state index in [4.69, 9.17) is 9.47 Å². The van der Waals surface area contributed by atoms with E-state index in [1.807, 2.05) is 26.0 Å². The summed E-state index contributed by atoms with van der Waals surface area (Å²) in [7, 11) is 1.60. The molecule has 1 amide bonds. The molecule has 0 unspecified atom stereocenters. The molecule has 10 heteroatoms. The maximum Gasteiger partial charge on any atom is 0.276 e. The molecule has 0 aliphatic carbocycles. The molecule has 1 saturated heterocycles. The SMILES string of the molecule is COc1ccc(NC(=O)c2ccc(N3CCN(Cc4cc(OC(C)C)cc(-c5cncc(O)c5)c4)CC3)nn2)cc1. The highest BCUT2D eigenvalue weighted by Crippen LogP contribution is 2.29. The number of benzene rings is 2. The van der Waals surface area contributed by atoms with Gasteiger partial charge >= 0.3 is 0 Å². The number of amides is 1. The van der Waals surface area contributed by atoms with E-state index < -0.39 is 0 Å². The summed E-state index contributed by atoms with van der Waals surface area (Å²) in [5, 5.41) is 21.2. The molecule has 2 aromatic carbocycles. The molecule has 212 valence electrons. The maximum atomic E-state index is 12.6. The number of rotatable bonds is 9. The third-order valence-electron chi connectivity index (χ3n) is 6.73. The highest BCUT2D eigenvalue weighted by molar-refractivity contribution is 6.02. The van der Waals surface area contributed by atoms with Crippen molar-refractivity contribution in [3.63, 3.8) is 0 Å². The van der Waals surface area contributed by atoms with Gasteiger partial charge in [-0.05, 0) is 85.6 Å². The Balaban J connectivity index is 1.19. The van der Waals surface area contributed by atoms with Crippen molar-refractivity contribution in [2.45, 2.75) is 26.5 Å². The van der Waals surface area contributed by atoms with Gasteiger partial charge in [-0.3, -0.25) is 14.7 Å². The van der Waals surface area contributed by atoms with Crippen LogP contribution in [0.2, 0.25) is 0 Å². The van der Waals surface area contributed by atoms with E-state index in [1.54, 1.807) is 49.7 Å². The molecule has 1 fully saturated rings. The molecule has 0 radical (unpaired) electrons. The van der Waals surface area contributed by atoms with Crippen LogP contribution in [0.1, 0.15) is 29.9 Å². The lowest BCUT2D eigenvalue weighted by atomic mass is 10.0. The van der Waals surface area contributed by atoms with Crippen LogP contribution < -0.4 is 19.7 Å². The third-order valence-corrected chi connectivity index (χ3v) is 6.73. The van der Waals surface area contributed by atoms with E-state index in [1.165, 1.54) is 6.20 Å². The fourth-order valence-electron chi connectivity index (χ4n) is 4.72. The van der Waals surface area contributed by atoms with Crippen molar-refractivity contribution in [2.75, 3.05) is 43.5 Å². The van der Waals surface area contributed by atoms with Crippen molar-refractivity contribution in [1.82, 2.24) is 20.1 Å². The zero-order valence-electron chi connectivity index (χ0n) is 23.4.